The highest BCUT2D eigenvalue weighted by molar-refractivity contribution is 5.77. The Morgan fingerprint density at radius 1 is 1.23 bits per heavy atom. The Labute approximate surface area is 128 Å². The molecule has 1 rings (SSSR count). The predicted molar refractivity (Wildman–Crippen MR) is 80.4 cm³/mol. The molecule has 0 aliphatic carbocycles. The van der Waals surface area contributed by atoms with Crippen LogP contribution in [0.4, 0.5) is 13.2 Å². The minimum Gasteiger partial charge on any atom is -0.370 e. The summed E-state index contributed by atoms with van der Waals surface area (Å²) in [7, 11) is 0. The fourth-order valence-corrected chi connectivity index (χ4v) is 1.92. The molecule has 0 fully saturated rings. The zero-order valence-electron chi connectivity index (χ0n) is 12.9. The summed E-state index contributed by atoms with van der Waals surface area (Å²) in [5.41, 5.74) is 7.44. The topological polar surface area (TPSA) is 50.8 Å². The zero-order valence-corrected chi connectivity index (χ0v) is 12.9. The van der Waals surface area contributed by atoms with Crippen LogP contribution >= 0.6 is 0 Å². The summed E-state index contributed by atoms with van der Waals surface area (Å²) >= 11 is 0. The summed E-state index contributed by atoms with van der Waals surface area (Å²) in [5, 5.41) is 0. The van der Waals surface area contributed by atoms with Gasteiger partial charge in [-0.2, -0.15) is 13.2 Å². The average Bonchev–Trinajstić information content (AvgIpc) is 2.45. The molecule has 0 aliphatic rings. The molecule has 0 heterocycles. The van der Waals surface area contributed by atoms with Crippen LogP contribution in [0.25, 0.3) is 0 Å². The molecule has 0 atom stereocenters. The second kappa shape index (κ2) is 8.63. The Bertz CT molecular complexity index is 485. The van der Waals surface area contributed by atoms with Crippen LogP contribution in [0.3, 0.4) is 0 Å². The SMILES string of the molecule is CCN(CC)C(N)=NCc1cccc(COCC(F)(F)F)c1. The van der Waals surface area contributed by atoms with E-state index in [4.69, 9.17) is 5.73 Å². The van der Waals surface area contributed by atoms with Crippen LogP contribution in [-0.2, 0) is 17.9 Å². The average molecular weight is 317 g/mol. The minimum absolute atomic E-state index is 0.0808. The molecule has 0 amide bonds. The normalized spacial score (nSPS) is 12.5. The second-order valence-electron chi connectivity index (χ2n) is 4.77. The lowest BCUT2D eigenvalue weighted by atomic mass is 10.1. The Balaban J connectivity index is 2.59. The zero-order chi connectivity index (χ0) is 16.6. The lowest BCUT2D eigenvalue weighted by molar-refractivity contribution is -0.176. The van der Waals surface area contributed by atoms with Crippen LogP contribution in [0.2, 0.25) is 0 Å². The molecule has 7 heteroatoms. The van der Waals surface area contributed by atoms with Crippen LogP contribution in [0.5, 0.6) is 0 Å². The Kier molecular flexibility index (Phi) is 7.17. The summed E-state index contributed by atoms with van der Waals surface area (Å²) in [6.45, 7) is 4.59. The maximum atomic E-state index is 12.0. The maximum Gasteiger partial charge on any atom is 0.411 e. The molecule has 0 saturated carbocycles. The number of nitrogens with two attached hydrogens (primary N) is 1. The molecule has 0 spiro atoms. The highest BCUT2D eigenvalue weighted by Crippen LogP contribution is 2.16. The highest BCUT2D eigenvalue weighted by Gasteiger charge is 2.27. The molecular weight excluding hydrogens is 295 g/mol. The van der Waals surface area contributed by atoms with Crippen molar-refractivity contribution < 1.29 is 17.9 Å². The highest BCUT2D eigenvalue weighted by atomic mass is 19.4. The van der Waals surface area contributed by atoms with Gasteiger partial charge in [-0.05, 0) is 25.0 Å². The number of ether oxygens (including phenoxy) is 1. The van der Waals surface area contributed by atoms with Gasteiger partial charge in [0.05, 0.1) is 13.2 Å². The van der Waals surface area contributed by atoms with E-state index in [9.17, 15) is 13.2 Å². The molecule has 0 unspecified atom stereocenters. The van der Waals surface area contributed by atoms with E-state index in [0.29, 0.717) is 18.1 Å². The van der Waals surface area contributed by atoms with Crippen molar-refractivity contribution in [3.8, 4) is 0 Å². The third-order valence-electron chi connectivity index (χ3n) is 3.04. The number of halogens is 3. The molecule has 0 bridgehead atoms. The molecule has 124 valence electrons. The molecule has 1 aromatic carbocycles. The van der Waals surface area contributed by atoms with Gasteiger partial charge < -0.3 is 15.4 Å². The smallest absolute Gasteiger partial charge is 0.370 e. The molecular formula is C15H22F3N3O. The number of alkyl halides is 3. The number of hydrogen-bond acceptors (Lipinski definition) is 2. The van der Waals surface area contributed by atoms with Crippen molar-refractivity contribution in [2.24, 2.45) is 10.7 Å². The second-order valence-corrected chi connectivity index (χ2v) is 4.77. The third kappa shape index (κ3) is 6.80. The van der Waals surface area contributed by atoms with E-state index in [1.54, 1.807) is 18.2 Å². The number of aliphatic imine (C=N–C) groups is 1. The third-order valence-corrected chi connectivity index (χ3v) is 3.04. The maximum absolute atomic E-state index is 12.0. The summed E-state index contributed by atoms with van der Waals surface area (Å²) in [4.78, 5) is 6.22. The van der Waals surface area contributed by atoms with Crippen LogP contribution in [-0.4, -0.2) is 36.7 Å². The number of rotatable bonds is 7. The summed E-state index contributed by atoms with van der Waals surface area (Å²) in [6, 6.07) is 7.11. The number of hydrogen-bond donors (Lipinski definition) is 1. The Morgan fingerprint density at radius 2 is 1.86 bits per heavy atom. The van der Waals surface area contributed by atoms with Crippen LogP contribution < -0.4 is 5.73 Å². The Morgan fingerprint density at radius 3 is 2.45 bits per heavy atom. The minimum atomic E-state index is -4.31. The largest absolute Gasteiger partial charge is 0.411 e. The van der Waals surface area contributed by atoms with E-state index in [1.807, 2.05) is 24.8 Å². The monoisotopic (exact) mass is 317 g/mol. The molecule has 0 saturated heterocycles. The van der Waals surface area contributed by atoms with Crippen molar-refractivity contribution in [2.45, 2.75) is 33.2 Å². The van der Waals surface area contributed by atoms with Gasteiger partial charge in [0.15, 0.2) is 5.96 Å². The fraction of sp³-hybridized carbons (Fsp3) is 0.533. The van der Waals surface area contributed by atoms with E-state index in [-0.39, 0.29) is 6.61 Å². The van der Waals surface area contributed by atoms with Crippen molar-refractivity contribution in [3.63, 3.8) is 0 Å². The molecule has 2 N–H and O–H groups in total. The van der Waals surface area contributed by atoms with Crippen LogP contribution in [0.1, 0.15) is 25.0 Å². The van der Waals surface area contributed by atoms with Crippen molar-refractivity contribution in [3.05, 3.63) is 35.4 Å². The van der Waals surface area contributed by atoms with Gasteiger partial charge in [0.2, 0.25) is 0 Å². The first-order valence-corrected chi connectivity index (χ1v) is 7.13. The van der Waals surface area contributed by atoms with Gasteiger partial charge in [0, 0.05) is 13.1 Å². The van der Waals surface area contributed by atoms with Gasteiger partial charge >= 0.3 is 6.18 Å². The summed E-state index contributed by atoms with van der Waals surface area (Å²) in [6.07, 6.45) is -4.31. The molecule has 22 heavy (non-hydrogen) atoms. The first kappa shape index (κ1) is 18.3. The predicted octanol–water partition coefficient (Wildman–Crippen LogP) is 2.92. The van der Waals surface area contributed by atoms with E-state index in [0.717, 1.165) is 18.7 Å². The molecule has 4 nitrogen and oxygen atoms in total. The fourth-order valence-electron chi connectivity index (χ4n) is 1.92. The van der Waals surface area contributed by atoms with Crippen LogP contribution in [0, 0.1) is 0 Å². The molecule has 1 aromatic rings. The number of nitrogens with zero attached hydrogens (tertiary/aromatic N) is 2. The van der Waals surface area contributed by atoms with Gasteiger partial charge in [-0.15, -0.1) is 0 Å². The van der Waals surface area contributed by atoms with Gasteiger partial charge in [-0.25, -0.2) is 4.99 Å². The van der Waals surface area contributed by atoms with Gasteiger partial charge in [-0.1, -0.05) is 24.3 Å². The van der Waals surface area contributed by atoms with Gasteiger partial charge in [0.25, 0.3) is 0 Å². The lowest BCUT2D eigenvalue weighted by Gasteiger charge is -2.19. The first-order valence-electron chi connectivity index (χ1n) is 7.13. The molecule has 0 aromatic heterocycles. The van der Waals surface area contributed by atoms with Crippen molar-refractivity contribution in [1.82, 2.24) is 4.90 Å². The van der Waals surface area contributed by atoms with Crippen LogP contribution in [0.15, 0.2) is 29.3 Å². The standard InChI is InChI=1S/C15H22F3N3O/c1-3-21(4-2)14(19)20-9-12-6-5-7-13(8-12)10-22-11-15(16,17)18/h5-8H,3-4,9-11H2,1-2H3,(H2,19,20). The number of guanidine groups is 1. The number of benzene rings is 1. The molecule has 0 radical (unpaired) electrons. The van der Waals surface area contributed by atoms with E-state index in [1.165, 1.54) is 0 Å². The van der Waals surface area contributed by atoms with Crippen molar-refractivity contribution in [2.75, 3.05) is 19.7 Å². The quantitative estimate of drug-likeness (QED) is 0.621. The summed E-state index contributed by atoms with van der Waals surface area (Å²) in [5.74, 6) is 0.462. The lowest BCUT2D eigenvalue weighted by Crippen LogP contribution is -2.37. The van der Waals surface area contributed by atoms with Crippen molar-refractivity contribution in [1.29, 1.82) is 0 Å². The Hall–Kier alpha value is -1.76. The first-order chi connectivity index (χ1) is 10.4. The molecule has 0 aliphatic heterocycles. The van der Waals surface area contributed by atoms with E-state index >= 15 is 0 Å². The van der Waals surface area contributed by atoms with Gasteiger partial charge in [0.1, 0.15) is 6.61 Å². The van der Waals surface area contributed by atoms with E-state index in [2.05, 4.69) is 9.73 Å². The van der Waals surface area contributed by atoms with E-state index < -0.39 is 12.8 Å². The van der Waals surface area contributed by atoms with Gasteiger partial charge in [-0.3, -0.25) is 0 Å². The van der Waals surface area contributed by atoms with Crippen molar-refractivity contribution >= 4 is 5.96 Å². The summed E-state index contributed by atoms with van der Waals surface area (Å²) < 4.78 is 40.7.